The molecule has 2 atom stereocenters. The molecule has 6 nitrogen and oxygen atoms in total. The normalized spacial score (nSPS) is 19.1. The van der Waals surface area contributed by atoms with E-state index >= 15 is 0 Å². The number of ether oxygens (including phenoxy) is 1. The van der Waals surface area contributed by atoms with Gasteiger partial charge in [0, 0.05) is 24.1 Å². The molecule has 2 heterocycles. The quantitative estimate of drug-likeness (QED) is 0.685. The lowest BCUT2D eigenvalue weighted by Gasteiger charge is -2.39. The zero-order chi connectivity index (χ0) is 20.4. The van der Waals surface area contributed by atoms with Crippen molar-refractivity contribution in [3.05, 3.63) is 23.3 Å². The maximum atomic E-state index is 13.0. The Morgan fingerprint density at radius 3 is 2.61 bits per heavy atom. The van der Waals surface area contributed by atoms with Crippen molar-refractivity contribution in [2.24, 2.45) is 0 Å². The molecule has 2 aliphatic rings. The van der Waals surface area contributed by atoms with Gasteiger partial charge in [0.05, 0.1) is 24.3 Å². The summed E-state index contributed by atoms with van der Waals surface area (Å²) in [6, 6.07) is 3.60. The molecule has 1 amide bonds. The highest BCUT2D eigenvalue weighted by atomic mass is 16.5. The van der Waals surface area contributed by atoms with Gasteiger partial charge >= 0.3 is 0 Å². The van der Waals surface area contributed by atoms with Crippen molar-refractivity contribution in [2.45, 2.75) is 72.0 Å². The van der Waals surface area contributed by atoms with Crippen LogP contribution in [0.1, 0.15) is 69.3 Å². The Morgan fingerprint density at radius 2 is 2.00 bits per heavy atom. The second kappa shape index (κ2) is 8.33. The van der Waals surface area contributed by atoms with Crippen molar-refractivity contribution in [2.75, 3.05) is 18.1 Å². The number of Topliss-reactive ketones (excluding diaryl/α,β-unsaturated/α-hetero) is 2. The highest BCUT2D eigenvalue weighted by Crippen LogP contribution is 2.43. The number of benzene rings is 1. The summed E-state index contributed by atoms with van der Waals surface area (Å²) in [5.74, 6) is 0.568. The van der Waals surface area contributed by atoms with Crippen molar-refractivity contribution in [1.29, 1.82) is 0 Å². The van der Waals surface area contributed by atoms with E-state index in [4.69, 9.17) is 4.74 Å². The molecule has 1 aromatic carbocycles. The molecular formula is C22H30N2O4. The van der Waals surface area contributed by atoms with Crippen LogP contribution in [-0.2, 0) is 16.1 Å². The minimum Gasteiger partial charge on any atom is -0.489 e. The standard InChI is InChI=1S/C22H30N2O4/c1-5-11-23-16(6-2)13-28-21-18-12-24(19(15(4)26)9-7-14(3)25)22(27)17(18)8-10-20(21)23/h8,10,16,19H,5-7,9,11-13H2,1-4H3/t16-,19?/m1/s1. The number of rotatable bonds is 8. The molecule has 0 N–H and O–H groups in total. The van der Waals surface area contributed by atoms with Crippen LogP contribution in [0.4, 0.5) is 5.69 Å². The molecule has 0 aromatic heterocycles. The van der Waals surface area contributed by atoms with E-state index in [9.17, 15) is 14.4 Å². The first kappa shape index (κ1) is 20.4. The third kappa shape index (κ3) is 3.64. The van der Waals surface area contributed by atoms with Gasteiger partial charge in [-0.25, -0.2) is 0 Å². The van der Waals surface area contributed by atoms with Crippen molar-refractivity contribution in [3.8, 4) is 5.75 Å². The minimum absolute atomic E-state index is 0.0249. The number of ketones is 2. The third-order valence-corrected chi connectivity index (χ3v) is 5.78. The minimum atomic E-state index is -0.571. The molecule has 0 spiro atoms. The number of carbonyl (C=O) groups is 3. The fraction of sp³-hybridized carbons (Fsp3) is 0.591. The average molecular weight is 386 g/mol. The Bertz CT molecular complexity index is 789. The van der Waals surface area contributed by atoms with Crippen LogP contribution < -0.4 is 9.64 Å². The van der Waals surface area contributed by atoms with Crippen LogP contribution in [0.15, 0.2) is 12.1 Å². The SMILES string of the molecule is CCCN1c2ccc3c(c2OC[C@H]1CC)CN(C(CCC(C)=O)C(C)=O)C3=O. The first-order valence-corrected chi connectivity index (χ1v) is 10.2. The fourth-order valence-electron chi connectivity index (χ4n) is 4.28. The van der Waals surface area contributed by atoms with Crippen molar-refractivity contribution < 1.29 is 19.1 Å². The maximum Gasteiger partial charge on any atom is 0.255 e. The summed E-state index contributed by atoms with van der Waals surface area (Å²) in [6.45, 7) is 9.22. The van der Waals surface area contributed by atoms with E-state index in [2.05, 4.69) is 18.7 Å². The van der Waals surface area contributed by atoms with E-state index in [-0.39, 0.29) is 17.5 Å². The molecule has 0 saturated carbocycles. The van der Waals surface area contributed by atoms with Crippen molar-refractivity contribution >= 4 is 23.2 Å². The Balaban J connectivity index is 1.93. The Kier molecular flexibility index (Phi) is 6.06. The molecule has 0 bridgehead atoms. The molecule has 0 radical (unpaired) electrons. The Labute approximate surface area is 166 Å². The summed E-state index contributed by atoms with van der Waals surface area (Å²) >= 11 is 0. The summed E-state index contributed by atoms with van der Waals surface area (Å²) in [4.78, 5) is 40.6. The number of amides is 1. The van der Waals surface area contributed by atoms with Crippen LogP contribution in [0.5, 0.6) is 5.75 Å². The number of carbonyl (C=O) groups excluding carboxylic acids is 3. The van der Waals surface area contributed by atoms with Gasteiger partial charge in [-0.15, -0.1) is 0 Å². The van der Waals surface area contributed by atoms with Crippen LogP contribution in [0.3, 0.4) is 0 Å². The highest BCUT2D eigenvalue weighted by Gasteiger charge is 2.39. The van der Waals surface area contributed by atoms with Gasteiger partial charge in [0.2, 0.25) is 0 Å². The van der Waals surface area contributed by atoms with Gasteiger partial charge in [0.1, 0.15) is 18.1 Å². The smallest absolute Gasteiger partial charge is 0.255 e. The van der Waals surface area contributed by atoms with Crippen molar-refractivity contribution in [1.82, 2.24) is 4.90 Å². The first-order valence-electron chi connectivity index (χ1n) is 10.2. The molecule has 0 aliphatic carbocycles. The fourth-order valence-corrected chi connectivity index (χ4v) is 4.28. The zero-order valence-corrected chi connectivity index (χ0v) is 17.3. The summed E-state index contributed by atoms with van der Waals surface area (Å²) in [5.41, 5.74) is 2.52. The van der Waals surface area contributed by atoms with Crippen LogP contribution >= 0.6 is 0 Å². The Morgan fingerprint density at radius 1 is 1.25 bits per heavy atom. The third-order valence-electron chi connectivity index (χ3n) is 5.78. The molecule has 0 saturated heterocycles. The van der Waals surface area contributed by atoms with E-state index in [1.54, 1.807) is 4.90 Å². The van der Waals surface area contributed by atoms with E-state index in [0.29, 0.717) is 37.6 Å². The van der Waals surface area contributed by atoms with E-state index < -0.39 is 6.04 Å². The molecule has 1 aromatic rings. The Hall–Kier alpha value is -2.37. The lowest BCUT2D eigenvalue weighted by molar-refractivity contribution is -0.122. The average Bonchev–Trinajstić information content (AvgIpc) is 2.99. The van der Waals surface area contributed by atoms with Gasteiger partial charge in [-0.2, -0.15) is 0 Å². The van der Waals surface area contributed by atoms with E-state index in [1.165, 1.54) is 13.8 Å². The summed E-state index contributed by atoms with van der Waals surface area (Å²) in [5, 5.41) is 0. The molecule has 152 valence electrons. The number of hydrogen-bond acceptors (Lipinski definition) is 5. The van der Waals surface area contributed by atoms with Gasteiger partial charge < -0.3 is 19.3 Å². The zero-order valence-electron chi connectivity index (χ0n) is 17.3. The topological polar surface area (TPSA) is 66.9 Å². The lowest BCUT2D eigenvalue weighted by Crippen LogP contribution is -2.43. The van der Waals surface area contributed by atoms with Gasteiger partial charge in [-0.05, 0) is 45.2 Å². The lowest BCUT2D eigenvalue weighted by atomic mass is 10.0. The predicted molar refractivity (Wildman–Crippen MR) is 108 cm³/mol. The molecule has 0 fully saturated rings. The molecule has 6 heteroatoms. The van der Waals surface area contributed by atoms with Gasteiger partial charge in [0.15, 0.2) is 5.78 Å². The maximum absolute atomic E-state index is 13.0. The monoisotopic (exact) mass is 386 g/mol. The molecular weight excluding hydrogens is 356 g/mol. The summed E-state index contributed by atoms with van der Waals surface area (Å²) in [6.07, 6.45) is 2.70. The summed E-state index contributed by atoms with van der Waals surface area (Å²) < 4.78 is 6.12. The summed E-state index contributed by atoms with van der Waals surface area (Å²) in [7, 11) is 0. The molecule has 2 aliphatic heterocycles. The first-order chi connectivity index (χ1) is 13.4. The van der Waals surface area contributed by atoms with Gasteiger partial charge in [0.25, 0.3) is 5.91 Å². The van der Waals surface area contributed by atoms with Crippen LogP contribution in [0.25, 0.3) is 0 Å². The molecule has 28 heavy (non-hydrogen) atoms. The van der Waals surface area contributed by atoms with E-state index in [1.807, 2.05) is 12.1 Å². The second-order valence-corrected chi connectivity index (χ2v) is 7.81. The van der Waals surface area contributed by atoms with Crippen LogP contribution in [0.2, 0.25) is 0 Å². The predicted octanol–water partition coefficient (Wildman–Crippen LogP) is 3.36. The van der Waals surface area contributed by atoms with E-state index in [0.717, 1.165) is 36.4 Å². The number of hydrogen-bond donors (Lipinski definition) is 0. The molecule has 3 rings (SSSR count). The van der Waals surface area contributed by atoms with Gasteiger partial charge in [-0.1, -0.05) is 13.8 Å². The van der Waals surface area contributed by atoms with Crippen LogP contribution in [-0.4, -0.2) is 47.6 Å². The molecule has 1 unspecified atom stereocenters. The number of anilines is 1. The highest BCUT2D eigenvalue weighted by molar-refractivity contribution is 6.02. The van der Waals surface area contributed by atoms with Crippen LogP contribution in [0, 0.1) is 0 Å². The number of fused-ring (bicyclic) bond motifs is 3. The second-order valence-electron chi connectivity index (χ2n) is 7.81. The largest absolute Gasteiger partial charge is 0.489 e. The number of nitrogens with zero attached hydrogens (tertiary/aromatic N) is 2. The van der Waals surface area contributed by atoms with Crippen molar-refractivity contribution in [3.63, 3.8) is 0 Å². The van der Waals surface area contributed by atoms with Gasteiger partial charge in [-0.3, -0.25) is 9.59 Å².